The van der Waals surface area contributed by atoms with Crippen molar-refractivity contribution in [1.29, 1.82) is 0 Å². The Labute approximate surface area is 141 Å². The molecular formula is C18H23NO5. The molecule has 1 aromatic carbocycles. The van der Waals surface area contributed by atoms with Crippen molar-refractivity contribution in [2.24, 2.45) is 0 Å². The van der Waals surface area contributed by atoms with Crippen LogP contribution in [0, 0.1) is 0 Å². The van der Waals surface area contributed by atoms with E-state index in [2.05, 4.69) is 0 Å². The number of rotatable bonds is 5. The van der Waals surface area contributed by atoms with Crippen LogP contribution in [-0.4, -0.2) is 48.9 Å². The summed E-state index contributed by atoms with van der Waals surface area (Å²) < 4.78 is 11.3. The summed E-state index contributed by atoms with van der Waals surface area (Å²) in [6.45, 7) is 3.00. The number of carbonyl (C=O) groups is 2. The van der Waals surface area contributed by atoms with Gasteiger partial charge >= 0.3 is 5.97 Å². The van der Waals surface area contributed by atoms with Crippen molar-refractivity contribution >= 4 is 17.6 Å². The van der Waals surface area contributed by atoms with E-state index in [4.69, 9.17) is 9.47 Å². The molecular weight excluding hydrogens is 310 g/mol. The SMILES string of the molecule is CC(OCC1CCCCO1)C(=O)N1CC(C(=O)O)c2ccccc21. The molecule has 2 aliphatic rings. The summed E-state index contributed by atoms with van der Waals surface area (Å²) in [6.07, 6.45) is 2.57. The Balaban J connectivity index is 1.65. The van der Waals surface area contributed by atoms with Crippen LogP contribution >= 0.6 is 0 Å². The van der Waals surface area contributed by atoms with Gasteiger partial charge < -0.3 is 19.5 Å². The molecule has 0 spiro atoms. The number of ether oxygens (including phenoxy) is 2. The van der Waals surface area contributed by atoms with E-state index in [9.17, 15) is 14.7 Å². The maximum atomic E-state index is 12.7. The van der Waals surface area contributed by atoms with E-state index in [1.54, 1.807) is 25.1 Å². The number of carboxylic acid groups (broad SMARTS) is 1. The average molecular weight is 333 g/mol. The number of nitrogens with zero attached hydrogens (tertiary/aromatic N) is 1. The molecule has 0 aromatic heterocycles. The van der Waals surface area contributed by atoms with E-state index in [1.807, 2.05) is 6.07 Å². The number of carboxylic acids is 1. The molecule has 0 saturated carbocycles. The van der Waals surface area contributed by atoms with Crippen LogP contribution in [0.2, 0.25) is 0 Å². The summed E-state index contributed by atoms with van der Waals surface area (Å²) >= 11 is 0. The second kappa shape index (κ2) is 7.32. The Morgan fingerprint density at radius 1 is 1.38 bits per heavy atom. The lowest BCUT2D eigenvalue weighted by molar-refractivity contribution is -0.138. The standard InChI is InChI=1S/C18H23NO5/c1-12(24-11-13-6-4-5-9-23-13)17(20)19-10-15(18(21)22)14-7-2-3-8-16(14)19/h2-3,7-8,12-13,15H,4-6,9-11H2,1H3,(H,21,22). The fourth-order valence-corrected chi connectivity index (χ4v) is 3.31. The van der Waals surface area contributed by atoms with Crippen molar-refractivity contribution < 1.29 is 24.2 Å². The summed E-state index contributed by atoms with van der Waals surface area (Å²) in [6, 6.07) is 7.16. The first-order valence-corrected chi connectivity index (χ1v) is 8.44. The Hall–Kier alpha value is -1.92. The average Bonchev–Trinajstić information content (AvgIpc) is 3.00. The third kappa shape index (κ3) is 3.44. The van der Waals surface area contributed by atoms with E-state index >= 15 is 0 Å². The Morgan fingerprint density at radius 2 is 2.17 bits per heavy atom. The van der Waals surface area contributed by atoms with Crippen LogP contribution in [0.25, 0.3) is 0 Å². The molecule has 3 rings (SSSR count). The van der Waals surface area contributed by atoms with Gasteiger partial charge in [0.1, 0.15) is 12.0 Å². The molecule has 1 saturated heterocycles. The Kier molecular flexibility index (Phi) is 5.16. The zero-order chi connectivity index (χ0) is 17.1. The molecule has 2 heterocycles. The van der Waals surface area contributed by atoms with Crippen LogP contribution in [0.3, 0.4) is 0 Å². The lowest BCUT2D eigenvalue weighted by Gasteiger charge is -2.26. The predicted molar refractivity (Wildman–Crippen MR) is 88.2 cm³/mol. The number of para-hydroxylation sites is 1. The summed E-state index contributed by atoms with van der Waals surface area (Å²) in [7, 11) is 0. The molecule has 2 aliphatic heterocycles. The van der Waals surface area contributed by atoms with Crippen LogP contribution in [0.1, 0.15) is 37.7 Å². The van der Waals surface area contributed by atoms with Gasteiger partial charge in [-0.2, -0.15) is 0 Å². The molecule has 3 atom stereocenters. The van der Waals surface area contributed by atoms with Gasteiger partial charge in [0.2, 0.25) is 0 Å². The number of carbonyl (C=O) groups excluding carboxylic acids is 1. The maximum Gasteiger partial charge on any atom is 0.312 e. The van der Waals surface area contributed by atoms with E-state index < -0.39 is 18.0 Å². The second-order valence-electron chi connectivity index (χ2n) is 6.36. The van der Waals surface area contributed by atoms with Crippen molar-refractivity contribution in [1.82, 2.24) is 0 Å². The smallest absolute Gasteiger partial charge is 0.312 e. The second-order valence-corrected chi connectivity index (χ2v) is 6.36. The van der Waals surface area contributed by atoms with Crippen molar-refractivity contribution in [2.75, 3.05) is 24.7 Å². The number of amides is 1. The molecule has 0 bridgehead atoms. The lowest BCUT2D eigenvalue weighted by atomic mass is 10.0. The topological polar surface area (TPSA) is 76.1 Å². The third-order valence-electron chi connectivity index (χ3n) is 4.69. The quantitative estimate of drug-likeness (QED) is 0.894. The highest BCUT2D eigenvalue weighted by atomic mass is 16.5. The molecule has 6 nitrogen and oxygen atoms in total. The normalized spacial score (nSPS) is 24.5. The zero-order valence-corrected chi connectivity index (χ0v) is 13.8. The first kappa shape index (κ1) is 16.9. The van der Waals surface area contributed by atoms with Gasteiger partial charge in [-0.05, 0) is 37.8 Å². The molecule has 1 fully saturated rings. The minimum Gasteiger partial charge on any atom is -0.481 e. The number of benzene rings is 1. The highest BCUT2D eigenvalue weighted by molar-refractivity contribution is 6.01. The predicted octanol–water partition coefficient (Wildman–Crippen LogP) is 2.18. The van der Waals surface area contributed by atoms with E-state index in [0.717, 1.165) is 25.9 Å². The van der Waals surface area contributed by atoms with Gasteiger partial charge in [0, 0.05) is 18.8 Å². The fourth-order valence-electron chi connectivity index (χ4n) is 3.31. The van der Waals surface area contributed by atoms with Gasteiger partial charge in [-0.15, -0.1) is 0 Å². The summed E-state index contributed by atoms with van der Waals surface area (Å²) in [5.41, 5.74) is 1.35. The largest absolute Gasteiger partial charge is 0.481 e. The molecule has 0 aliphatic carbocycles. The highest BCUT2D eigenvalue weighted by Crippen LogP contribution is 2.36. The van der Waals surface area contributed by atoms with Gasteiger partial charge in [-0.3, -0.25) is 9.59 Å². The van der Waals surface area contributed by atoms with Crippen LogP contribution in [0.15, 0.2) is 24.3 Å². The van der Waals surface area contributed by atoms with Crippen molar-refractivity contribution in [3.05, 3.63) is 29.8 Å². The van der Waals surface area contributed by atoms with Gasteiger partial charge in [0.25, 0.3) is 5.91 Å². The Morgan fingerprint density at radius 3 is 2.88 bits per heavy atom. The maximum absolute atomic E-state index is 12.7. The molecule has 6 heteroatoms. The Bertz CT molecular complexity index is 611. The van der Waals surface area contributed by atoms with Gasteiger partial charge in [-0.1, -0.05) is 18.2 Å². The number of hydrogen-bond donors (Lipinski definition) is 1. The first-order valence-electron chi connectivity index (χ1n) is 8.44. The summed E-state index contributed by atoms with van der Waals surface area (Å²) in [5, 5.41) is 9.39. The number of aliphatic carboxylic acids is 1. The first-order chi connectivity index (χ1) is 11.6. The van der Waals surface area contributed by atoms with Crippen LogP contribution in [0.4, 0.5) is 5.69 Å². The van der Waals surface area contributed by atoms with Crippen molar-refractivity contribution in [3.63, 3.8) is 0 Å². The minimum absolute atomic E-state index is 0.0478. The molecule has 130 valence electrons. The van der Waals surface area contributed by atoms with E-state index in [0.29, 0.717) is 17.9 Å². The van der Waals surface area contributed by atoms with Crippen LogP contribution in [0.5, 0.6) is 0 Å². The minimum atomic E-state index is -0.915. The number of hydrogen-bond acceptors (Lipinski definition) is 4. The molecule has 0 radical (unpaired) electrons. The number of fused-ring (bicyclic) bond motifs is 1. The van der Waals surface area contributed by atoms with Gasteiger partial charge in [-0.25, -0.2) is 0 Å². The van der Waals surface area contributed by atoms with Crippen LogP contribution < -0.4 is 4.90 Å². The van der Waals surface area contributed by atoms with Crippen LogP contribution in [-0.2, 0) is 19.1 Å². The summed E-state index contributed by atoms with van der Waals surface area (Å²) in [4.78, 5) is 25.7. The highest BCUT2D eigenvalue weighted by Gasteiger charge is 2.38. The molecule has 3 unspecified atom stereocenters. The van der Waals surface area contributed by atoms with E-state index in [-0.39, 0.29) is 18.6 Å². The van der Waals surface area contributed by atoms with Gasteiger partial charge in [0.05, 0.1) is 12.7 Å². The van der Waals surface area contributed by atoms with Crippen molar-refractivity contribution in [3.8, 4) is 0 Å². The lowest BCUT2D eigenvalue weighted by Crippen LogP contribution is -2.40. The fraction of sp³-hybridized carbons (Fsp3) is 0.556. The zero-order valence-electron chi connectivity index (χ0n) is 13.8. The molecule has 1 amide bonds. The molecule has 24 heavy (non-hydrogen) atoms. The molecule has 1 aromatic rings. The third-order valence-corrected chi connectivity index (χ3v) is 4.69. The monoisotopic (exact) mass is 333 g/mol. The molecule has 1 N–H and O–H groups in total. The summed E-state index contributed by atoms with van der Waals surface area (Å²) in [5.74, 6) is -1.80. The van der Waals surface area contributed by atoms with Gasteiger partial charge in [0.15, 0.2) is 0 Å². The number of anilines is 1. The van der Waals surface area contributed by atoms with E-state index in [1.165, 1.54) is 4.90 Å². The van der Waals surface area contributed by atoms with Crippen molar-refractivity contribution in [2.45, 2.75) is 44.3 Å².